The van der Waals surface area contributed by atoms with Crippen molar-refractivity contribution in [3.63, 3.8) is 0 Å². The van der Waals surface area contributed by atoms with Gasteiger partial charge in [0.1, 0.15) is 0 Å². The number of rotatable bonds is 2. The zero-order valence-electron chi connectivity index (χ0n) is 7.14. The Bertz CT molecular complexity index is 275. The average molecular weight is 178 g/mol. The average Bonchev–Trinajstić information content (AvgIpc) is 2.64. The first kappa shape index (κ1) is 8.36. The highest BCUT2D eigenvalue weighted by Gasteiger charge is 2.46. The number of nitrogens with zero attached hydrogens (tertiary/aromatic N) is 2. The number of hydrogen-bond acceptors (Lipinski definition) is 4. The maximum Gasteiger partial charge on any atom is 0.235 e. The summed E-state index contributed by atoms with van der Waals surface area (Å²) < 4.78 is 0. The Balaban J connectivity index is 2.14. The zero-order chi connectivity index (χ0) is 9.26. The molecule has 0 aliphatic heterocycles. The van der Waals surface area contributed by atoms with Crippen molar-refractivity contribution in [2.24, 2.45) is 21.8 Å². The number of fused-ring (bicyclic) bond motifs is 2. The molecule has 2 aliphatic carbocycles. The molecule has 2 fully saturated rings. The summed E-state index contributed by atoms with van der Waals surface area (Å²) in [5.74, 6) is 0.877. The van der Waals surface area contributed by atoms with Gasteiger partial charge >= 0.3 is 0 Å². The molecule has 13 heavy (non-hydrogen) atoms. The Hall–Kier alpha value is -1.24. The Labute approximate surface area is 75.8 Å². The van der Waals surface area contributed by atoms with E-state index in [-0.39, 0.29) is 18.0 Å². The second kappa shape index (κ2) is 3.25. The van der Waals surface area contributed by atoms with Gasteiger partial charge in [0.05, 0.1) is 12.1 Å². The summed E-state index contributed by atoms with van der Waals surface area (Å²) in [6.07, 6.45) is 6.16. The molecule has 2 bridgehead atoms. The molecule has 68 valence electrons. The molecular weight excluding hydrogens is 168 g/mol. The van der Waals surface area contributed by atoms with Gasteiger partial charge in [-0.05, 0) is 25.2 Å². The van der Waals surface area contributed by atoms with E-state index in [0.717, 1.165) is 19.3 Å². The van der Waals surface area contributed by atoms with E-state index in [1.807, 2.05) is 0 Å². The van der Waals surface area contributed by atoms with Crippen LogP contribution in [0, 0.1) is 11.8 Å². The van der Waals surface area contributed by atoms with E-state index in [0.29, 0.717) is 5.92 Å². The van der Waals surface area contributed by atoms with E-state index in [2.05, 4.69) is 9.98 Å². The summed E-state index contributed by atoms with van der Waals surface area (Å²) in [7, 11) is 0. The van der Waals surface area contributed by atoms with Crippen molar-refractivity contribution in [3.05, 3.63) is 0 Å². The fourth-order valence-electron chi connectivity index (χ4n) is 2.71. The molecule has 0 radical (unpaired) electrons. The third-order valence-corrected chi connectivity index (χ3v) is 3.18. The van der Waals surface area contributed by atoms with Crippen LogP contribution in [-0.4, -0.2) is 24.2 Å². The van der Waals surface area contributed by atoms with Crippen LogP contribution in [0.3, 0.4) is 0 Å². The lowest BCUT2D eigenvalue weighted by molar-refractivity contribution is 0.369. The van der Waals surface area contributed by atoms with Crippen LogP contribution >= 0.6 is 0 Å². The van der Waals surface area contributed by atoms with Crippen LogP contribution in [0.25, 0.3) is 0 Å². The largest absolute Gasteiger partial charge is 0.235 e. The second-order valence-corrected chi connectivity index (χ2v) is 3.81. The van der Waals surface area contributed by atoms with Crippen molar-refractivity contribution < 1.29 is 9.59 Å². The molecule has 0 amide bonds. The minimum absolute atomic E-state index is 0.0540. The van der Waals surface area contributed by atoms with E-state index < -0.39 is 0 Å². The fourth-order valence-corrected chi connectivity index (χ4v) is 2.71. The first-order chi connectivity index (χ1) is 6.35. The predicted molar refractivity (Wildman–Crippen MR) is 44.7 cm³/mol. The van der Waals surface area contributed by atoms with Crippen molar-refractivity contribution in [1.82, 2.24) is 0 Å². The lowest BCUT2D eigenvalue weighted by Gasteiger charge is -2.21. The number of hydrogen-bond donors (Lipinski definition) is 0. The summed E-state index contributed by atoms with van der Waals surface area (Å²) in [5.41, 5.74) is 0. The minimum atomic E-state index is 0.0540. The highest BCUT2D eigenvalue weighted by Crippen LogP contribution is 2.47. The molecule has 4 nitrogen and oxygen atoms in total. The molecule has 2 aliphatic rings. The van der Waals surface area contributed by atoms with E-state index in [9.17, 15) is 9.59 Å². The molecule has 2 saturated carbocycles. The molecule has 0 aromatic carbocycles. The van der Waals surface area contributed by atoms with Crippen molar-refractivity contribution in [1.29, 1.82) is 0 Å². The Morgan fingerprint density at radius 1 is 0.923 bits per heavy atom. The first-order valence-corrected chi connectivity index (χ1v) is 4.49. The molecule has 0 N–H and O–H groups in total. The van der Waals surface area contributed by atoms with Crippen molar-refractivity contribution in [3.8, 4) is 0 Å². The van der Waals surface area contributed by atoms with Crippen LogP contribution in [-0.2, 0) is 9.59 Å². The molecule has 0 spiro atoms. The summed E-state index contributed by atoms with van der Waals surface area (Å²) in [4.78, 5) is 27.7. The molecule has 0 saturated heterocycles. The maximum atomic E-state index is 10.1. The van der Waals surface area contributed by atoms with Crippen molar-refractivity contribution in [2.45, 2.75) is 31.3 Å². The number of carbonyl (C=O) groups excluding carboxylic acids is 2. The van der Waals surface area contributed by atoms with Crippen LogP contribution in [0.2, 0.25) is 0 Å². The van der Waals surface area contributed by atoms with Gasteiger partial charge in [0.15, 0.2) is 0 Å². The molecule has 0 aromatic rings. The molecular formula is C9H10N2O2. The van der Waals surface area contributed by atoms with Gasteiger partial charge in [-0.15, -0.1) is 0 Å². The van der Waals surface area contributed by atoms with Crippen molar-refractivity contribution in [2.75, 3.05) is 0 Å². The normalized spacial score (nSPS) is 40.9. The fraction of sp³-hybridized carbons (Fsp3) is 0.778. The van der Waals surface area contributed by atoms with Crippen LogP contribution in [0.4, 0.5) is 0 Å². The van der Waals surface area contributed by atoms with E-state index in [4.69, 9.17) is 0 Å². The van der Waals surface area contributed by atoms with Gasteiger partial charge in [-0.2, -0.15) is 0 Å². The predicted octanol–water partition coefficient (Wildman–Crippen LogP) is 0.825. The Morgan fingerprint density at radius 3 is 1.85 bits per heavy atom. The van der Waals surface area contributed by atoms with Crippen LogP contribution in [0.15, 0.2) is 9.98 Å². The smallest absolute Gasteiger partial charge is 0.211 e. The van der Waals surface area contributed by atoms with Gasteiger partial charge in [-0.25, -0.2) is 19.6 Å². The third-order valence-electron chi connectivity index (χ3n) is 3.18. The zero-order valence-corrected chi connectivity index (χ0v) is 7.14. The molecule has 2 atom stereocenters. The van der Waals surface area contributed by atoms with Gasteiger partial charge < -0.3 is 0 Å². The Morgan fingerprint density at radius 2 is 1.46 bits per heavy atom. The monoisotopic (exact) mass is 178 g/mol. The number of aliphatic imine (C=N–C) groups is 2. The molecule has 0 heterocycles. The van der Waals surface area contributed by atoms with Gasteiger partial charge in [-0.1, -0.05) is 0 Å². The lowest BCUT2D eigenvalue weighted by Crippen LogP contribution is -2.25. The lowest BCUT2D eigenvalue weighted by atomic mass is 9.91. The van der Waals surface area contributed by atoms with Crippen LogP contribution in [0.5, 0.6) is 0 Å². The Kier molecular flexibility index (Phi) is 2.09. The molecule has 4 heteroatoms. The van der Waals surface area contributed by atoms with Crippen LogP contribution in [0.1, 0.15) is 19.3 Å². The summed E-state index contributed by atoms with van der Waals surface area (Å²) in [6, 6.07) is 0.108. The van der Waals surface area contributed by atoms with Crippen molar-refractivity contribution >= 4 is 12.2 Å². The third kappa shape index (κ3) is 1.35. The standard InChI is InChI=1S/C9H10N2O2/c12-4-10-8-2-6-1-7(8)9(3-6)11-5-13/h6-9H,1-3H2/t6?,7?,8-,9-/m0/s1. The first-order valence-electron chi connectivity index (χ1n) is 4.49. The van der Waals surface area contributed by atoms with Gasteiger partial charge in [0.25, 0.3) is 0 Å². The van der Waals surface area contributed by atoms with Gasteiger partial charge in [0.2, 0.25) is 12.2 Å². The topological polar surface area (TPSA) is 58.9 Å². The SMILES string of the molecule is O=C=N[C@H]1CC2CC1[C@@H](N=C=O)C2. The quantitative estimate of drug-likeness (QED) is 0.464. The summed E-state index contributed by atoms with van der Waals surface area (Å²) in [6.45, 7) is 0. The van der Waals surface area contributed by atoms with E-state index in [1.165, 1.54) is 0 Å². The minimum Gasteiger partial charge on any atom is -0.211 e. The van der Waals surface area contributed by atoms with Gasteiger partial charge in [0, 0.05) is 5.92 Å². The maximum absolute atomic E-state index is 10.1. The number of isocyanates is 2. The highest BCUT2D eigenvalue weighted by atomic mass is 16.1. The molecule has 0 aromatic heterocycles. The van der Waals surface area contributed by atoms with Crippen LogP contribution < -0.4 is 0 Å². The van der Waals surface area contributed by atoms with E-state index >= 15 is 0 Å². The molecule has 0 unspecified atom stereocenters. The molecule has 2 rings (SSSR count). The summed E-state index contributed by atoms with van der Waals surface area (Å²) in [5, 5.41) is 0. The second-order valence-electron chi connectivity index (χ2n) is 3.81. The summed E-state index contributed by atoms with van der Waals surface area (Å²) >= 11 is 0. The van der Waals surface area contributed by atoms with Gasteiger partial charge in [-0.3, -0.25) is 0 Å². The van der Waals surface area contributed by atoms with E-state index in [1.54, 1.807) is 12.2 Å². The highest BCUT2D eigenvalue weighted by molar-refractivity contribution is 5.36.